The van der Waals surface area contributed by atoms with Crippen LogP contribution in [0, 0.1) is 5.92 Å². The molecular formula is C17H23Cl2NO2. The van der Waals surface area contributed by atoms with E-state index in [1.54, 1.807) is 0 Å². The number of carboxylic acids is 1. The van der Waals surface area contributed by atoms with Crippen molar-refractivity contribution in [2.75, 3.05) is 19.6 Å². The zero-order valence-corrected chi connectivity index (χ0v) is 14.2. The van der Waals surface area contributed by atoms with Crippen LogP contribution in [0.3, 0.4) is 0 Å². The van der Waals surface area contributed by atoms with Crippen LogP contribution < -0.4 is 0 Å². The molecule has 3 nitrogen and oxygen atoms in total. The Kier molecular flexibility index (Phi) is 7.00. The summed E-state index contributed by atoms with van der Waals surface area (Å²) < 4.78 is 0. The number of hydrogen-bond donors (Lipinski definition) is 1. The monoisotopic (exact) mass is 343 g/mol. The maximum atomic E-state index is 10.5. The highest BCUT2D eigenvalue weighted by Gasteiger charge is 2.20. The number of likely N-dealkylation sites (tertiary alicyclic amines) is 1. The molecule has 1 saturated heterocycles. The molecule has 5 heteroatoms. The molecule has 1 aliphatic heterocycles. The number of unbranched alkanes of at least 4 members (excludes halogenated alkanes) is 1. The van der Waals surface area contributed by atoms with Crippen molar-refractivity contribution in [3.63, 3.8) is 0 Å². The molecule has 0 atom stereocenters. The summed E-state index contributed by atoms with van der Waals surface area (Å²) in [7, 11) is 0. The van der Waals surface area contributed by atoms with Crippen LogP contribution in [0.25, 0.3) is 0 Å². The molecule has 1 fully saturated rings. The van der Waals surface area contributed by atoms with Gasteiger partial charge in [-0.15, -0.1) is 0 Å². The molecule has 0 saturated carbocycles. The lowest BCUT2D eigenvalue weighted by Crippen LogP contribution is -2.35. The molecule has 1 aromatic carbocycles. The highest BCUT2D eigenvalue weighted by atomic mass is 35.5. The number of nitrogens with zero attached hydrogens (tertiary/aromatic N) is 1. The molecule has 0 spiro atoms. The van der Waals surface area contributed by atoms with Gasteiger partial charge in [0.05, 0.1) is 0 Å². The van der Waals surface area contributed by atoms with E-state index >= 15 is 0 Å². The summed E-state index contributed by atoms with van der Waals surface area (Å²) >= 11 is 12.3. The van der Waals surface area contributed by atoms with E-state index in [0.717, 1.165) is 54.5 Å². The van der Waals surface area contributed by atoms with Crippen LogP contribution in [-0.4, -0.2) is 35.6 Å². The van der Waals surface area contributed by atoms with E-state index in [9.17, 15) is 4.79 Å². The maximum Gasteiger partial charge on any atom is 0.303 e. The van der Waals surface area contributed by atoms with Gasteiger partial charge < -0.3 is 10.0 Å². The topological polar surface area (TPSA) is 40.5 Å². The summed E-state index contributed by atoms with van der Waals surface area (Å²) in [6.07, 6.45) is 5.35. The van der Waals surface area contributed by atoms with Gasteiger partial charge in [0.25, 0.3) is 0 Å². The summed E-state index contributed by atoms with van der Waals surface area (Å²) in [5.74, 6) is -0.0386. The Bertz CT molecular complexity index is 499. The van der Waals surface area contributed by atoms with Gasteiger partial charge in [-0.3, -0.25) is 4.79 Å². The summed E-state index contributed by atoms with van der Waals surface area (Å²) in [6.45, 7) is 3.20. The average molecular weight is 344 g/mol. The molecule has 0 unspecified atom stereocenters. The predicted molar refractivity (Wildman–Crippen MR) is 90.8 cm³/mol. The van der Waals surface area contributed by atoms with E-state index in [1.165, 1.54) is 12.8 Å². The fraction of sp³-hybridized carbons (Fsp3) is 0.588. The first kappa shape index (κ1) is 17.6. The SMILES string of the molecule is O=C(O)CCCCN1CCC(Cc2cc(Cl)ccc2Cl)CC1. The van der Waals surface area contributed by atoms with Gasteiger partial charge in [-0.05, 0) is 81.4 Å². The first-order chi connectivity index (χ1) is 10.5. The Morgan fingerprint density at radius 3 is 2.64 bits per heavy atom. The number of hydrogen-bond acceptors (Lipinski definition) is 2. The molecule has 0 aromatic heterocycles. The van der Waals surface area contributed by atoms with Crippen LogP contribution in [0.5, 0.6) is 0 Å². The second-order valence-electron chi connectivity index (χ2n) is 6.08. The van der Waals surface area contributed by atoms with Gasteiger partial charge >= 0.3 is 5.97 Å². The minimum Gasteiger partial charge on any atom is -0.481 e. The number of rotatable bonds is 7. The summed E-state index contributed by atoms with van der Waals surface area (Å²) in [6, 6.07) is 5.67. The molecule has 0 amide bonds. The Morgan fingerprint density at radius 1 is 1.23 bits per heavy atom. The smallest absolute Gasteiger partial charge is 0.303 e. The third kappa shape index (κ3) is 5.79. The number of aliphatic carboxylic acids is 1. The molecule has 1 heterocycles. The fourth-order valence-electron chi connectivity index (χ4n) is 3.04. The second kappa shape index (κ2) is 8.76. The number of carbonyl (C=O) groups is 1. The van der Waals surface area contributed by atoms with E-state index in [-0.39, 0.29) is 6.42 Å². The Morgan fingerprint density at radius 2 is 1.95 bits per heavy atom. The van der Waals surface area contributed by atoms with Gasteiger partial charge in [0.1, 0.15) is 0 Å². The van der Waals surface area contributed by atoms with E-state index in [2.05, 4.69) is 4.90 Å². The quantitative estimate of drug-likeness (QED) is 0.740. The molecule has 0 aliphatic carbocycles. The summed E-state index contributed by atoms with van der Waals surface area (Å²) in [5, 5.41) is 10.2. The molecule has 2 rings (SSSR count). The van der Waals surface area contributed by atoms with Crippen LogP contribution in [0.15, 0.2) is 18.2 Å². The van der Waals surface area contributed by atoms with Crippen LogP contribution in [0.4, 0.5) is 0 Å². The standard InChI is InChI=1S/C17H23Cl2NO2/c18-15-4-5-16(19)14(12-15)11-13-6-9-20(10-7-13)8-2-1-3-17(21)22/h4-5,12-13H,1-3,6-11H2,(H,21,22). The van der Waals surface area contributed by atoms with Crippen molar-refractivity contribution in [2.24, 2.45) is 5.92 Å². The fourth-order valence-corrected chi connectivity index (χ4v) is 3.43. The zero-order chi connectivity index (χ0) is 15.9. The molecule has 1 aromatic rings. The van der Waals surface area contributed by atoms with Gasteiger partial charge in [-0.25, -0.2) is 0 Å². The number of benzene rings is 1. The highest BCUT2D eigenvalue weighted by molar-refractivity contribution is 6.33. The molecule has 1 aliphatic rings. The zero-order valence-electron chi connectivity index (χ0n) is 12.7. The highest BCUT2D eigenvalue weighted by Crippen LogP contribution is 2.27. The maximum absolute atomic E-state index is 10.5. The van der Waals surface area contributed by atoms with Crippen LogP contribution in [0.1, 0.15) is 37.7 Å². The van der Waals surface area contributed by atoms with E-state index in [0.29, 0.717) is 5.92 Å². The normalized spacial score (nSPS) is 16.8. The number of piperidine rings is 1. The lowest BCUT2D eigenvalue weighted by Gasteiger charge is -2.32. The van der Waals surface area contributed by atoms with Crippen molar-refractivity contribution >= 4 is 29.2 Å². The first-order valence-corrected chi connectivity index (χ1v) is 8.68. The van der Waals surface area contributed by atoms with Crippen LogP contribution in [0.2, 0.25) is 10.0 Å². The summed E-state index contributed by atoms with van der Waals surface area (Å²) in [4.78, 5) is 12.9. The minimum atomic E-state index is -0.697. The van der Waals surface area contributed by atoms with Crippen molar-refractivity contribution in [1.82, 2.24) is 4.90 Å². The van der Waals surface area contributed by atoms with Crippen molar-refractivity contribution in [2.45, 2.75) is 38.5 Å². The predicted octanol–water partition coefficient (Wildman–Crippen LogP) is 4.50. The average Bonchev–Trinajstić information content (AvgIpc) is 2.49. The Labute approximate surface area is 142 Å². The van der Waals surface area contributed by atoms with Crippen molar-refractivity contribution in [3.8, 4) is 0 Å². The molecule has 1 N–H and O–H groups in total. The number of carboxylic acid groups (broad SMARTS) is 1. The first-order valence-electron chi connectivity index (χ1n) is 7.92. The van der Waals surface area contributed by atoms with Crippen LogP contribution >= 0.6 is 23.2 Å². The van der Waals surface area contributed by atoms with Crippen LogP contribution in [-0.2, 0) is 11.2 Å². The Balaban J connectivity index is 1.71. The largest absolute Gasteiger partial charge is 0.481 e. The van der Waals surface area contributed by atoms with Gasteiger partial charge in [0.15, 0.2) is 0 Å². The van der Waals surface area contributed by atoms with E-state index in [1.807, 2.05) is 18.2 Å². The lowest BCUT2D eigenvalue weighted by molar-refractivity contribution is -0.137. The molecule has 122 valence electrons. The molecule has 0 radical (unpaired) electrons. The summed E-state index contributed by atoms with van der Waals surface area (Å²) in [5.41, 5.74) is 1.15. The second-order valence-corrected chi connectivity index (χ2v) is 6.92. The van der Waals surface area contributed by atoms with Crippen molar-refractivity contribution < 1.29 is 9.90 Å². The van der Waals surface area contributed by atoms with E-state index in [4.69, 9.17) is 28.3 Å². The van der Waals surface area contributed by atoms with Gasteiger partial charge in [0.2, 0.25) is 0 Å². The number of halogens is 2. The molecule has 0 bridgehead atoms. The van der Waals surface area contributed by atoms with Gasteiger partial charge in [-0.1, -0.05) is 23.2 Å². The minimum absolute atomic E-state index is 0.281. The molecular weight excluding hydrogens is 321 g/mol. The van der Waals surface area contributed by atoms with Gasteiger partial charge in [-0.2, -0.15) is 0 Å². The van der Waals surface area contributed by atoms with Crippen molar-refractivity contribution in [1.29, 1.82) is 0 Å². The van der Waals surface area contributed by atoms with Gasteiger partial charge in [0, 0.05) is 16.5 Å². The Hall–Kier alpha value is -0.770. The molecule has 22 heavy (non-hydrogen) atoms. The third-order valence-electron chi connectivity index (χ3n) is 4.34. The lowest BCUT2D eigenvalue weighted by atomic mass is 9.90. The van der Waals surface area contributed by atoms with E-state index < -0.39 is 5.97 Å². The third-order valence-corrected chi connectivity index (χ3v) is 4.94. The van der Waals surface area contributed by atoms with Crippen molar-refractivity contribution in [3.05, 3.63) is 33.8 Å².